The number of nitrogens with zero attached hydrogens (tertiary/aromatic N) is 5. The van der Waals surface area contributed by atoms with E-state index in [9.17, 15) is 9.59 Å². The molecule has 0 N–H and O–H groups in total. The molecular weight excluding hydrogens is 454 g/mol. The second kappa shape index (κ2) is 9.88. The third-order valence-electron chi connectivity index (χ3n) is 8.60. The maximum atomic E-state index is 13.3. The molecule has 8 heteroatoms. The number of likely N-dealkylation sites (tertiary alicyclic amines) is 1. The Bertz CT molecular complexity index is 1110. The number of piperazine rings is 1. The lowest BCUT2D eigenvalue weighted by Crippen LogP contribution is -2.49. The third-order valence-corrected chi connectivity index (χ3v) is 8.60. The predicted octanol–water partition coefficient (Wildman–Crippen LogP) is 3.04. The molecule has 3 fully saturated rings. The fourth-order valence-electron chi connectivity index (χ4n) is 6.25. The molecule has 1 aliphatic carbocycles. The molecule has 194 valence electrons. The topological polar surface area (TPSA) is 70.9 Å². The van der Waals surface area contributed by atoms with Gasteiger partial charge in [-0.25, -0.2) is 0 Å². The summed E-state index contributed by atoms with van der Waals surface area (Å²) >= 11 is 0. The van der Waals surface area contributed by atoms with Crippen LogP contribution in [0.1, 0.15) is 49.2 Å². The van der Waals surface area contributed by atoms with Crippen molar-refractivity contribution in [2.24, 2.45) is 11.3 Å². The van der Waals surface area contributed by atoms with Gasteiger partial charge in [0.05, 0.1) is 12.8 Å². The number of hydrogen-bond acceptors (Lipinski definition) is 5. The number of rotatable bonds is 6. The van der Waals surface area contributed by atoms with Crippen molar-refractivity contribution < 1.29 is 14.3 Å². The molecule has 0 unspecified atom stereocenters. The number of piperidine rings is 1. The highest BCUT2D eigenvalue weighted by Crippen LogP contribution is 2.60. The normalized spacial score (nSPS) is 22.5. The summed E-state index contributed by atoms with van der Waals surface area (Å²) in [5.41, 5.74) is 3.24. The SMILES string of the molecule is COc1ccccc1CN1CCN(C(=O)[C@@H]2CC23CCN(C(=O)[C@@H](C)n2nc(C)cc2C)CC3)CC1. The molecule has 2 saturated heterocycles. The Morgan fingerprint density at radius 1 is 1.06 bits per heavy atom. The number of carbonyl (C=O) groups is 2. The fraction of sp³-hybridized carbons (Fsp3) is 0.607. The van der Waals surface area contributed by atoms with E-state index in [-0.39, 0.29) is 23.3 Å². The van der Waals surface area contributed by atoms with Crippen LogP contribution in [0.4, 0.5) is 0 Å². The zero-order valence-electron chi connectivity index (χ0n) is 22.1. The quantitative estimate of drug-likeness (QED) is 0.619. The summed E-state index contributed by atoms with van der Waals surface area (Å²) in [6.07, 6.45) is 2.82. The third kappa shape index (κ3) is 4.75. The number of carbonyl (C=O) groups excluding carboxylic acids is 2. The second-order valence-electron chi connectivity index (χ2n) is 10.9. The van der Waals surface area contributed by atoms with Gasteiger partial charge in [-0.05, 0) is 57.6 Å². The molecule has 1 aromatic heterocycles. The van der Waals surface area contributed by atoms with Gasteiger partial charge in [0.2, 0.25) is 11.8 Å². The number of aryl methyl sites for hydroxylation is 2. The minimum atomic E-state index is -0.295. The number of hydrogen-bond donors (Lipinski definition) is 0. The van der Waals surface area contributed by atoms with Gasteiger partial charge in [0.1, 0.15) is 11.8 Å². The van der Waals surface area contributed by atoms with Gasteiger partial charge in [-0.15, -0.1) is 0 Å². The first-order valence-corrected chi connectivity index (χ1v) is 13.3. The van der Waals surface area contributed by atoms with Crippen molar-refractivity contribution in [2.45, 2.75) is 52.6 Å². The van der Waals surface area contributed by atoms with Gasteiger partial charge >= 0.3 is 0 Å². The Kier molecular flexibility index (Phi) is 6.81. The van der Waals surface area contributed by atoms with E-state index in [4.69, 9.17) is 4.74 Å². The van der Waals surface area contributed by atoms with E-state index in [2.05, 4.69) is 21.0 Å². The van der Waals surface area contributed by atoms with E-state index in [0.29, 0.717) is 5.91 Å². The zero-order chi connectivity index (χ0) is 25.4. The molecule has 2 aromatic rings. The highest BCUT2D eigenvalue weighted by Gasteiger charge is 2.59. The van der Waals surface area contributed by atoms with Crippen LogP contribution in [0.15, 0.2) is 30.3 Å². The van der Waals surface area contributed by atoms with Crippen LogP contribution < -0.4 is 4.74 Å². The van der Waals surface area contributed by atoms with Gasteiger partial charge in [-0.3, -0.25) is 19.2 Å². The number of para-hydroxylation sites is 1. The van der Waals surface area contributed by atoms with Crippen molar-refractivity contribution in [1.29, 1.82) is 0 Å². The summed E-state index contributed by atoms with van der Waals surface area (Å²) in [5, 5.41) is 4.50. The molecule has 1 spiro atoms. The Morgan fingerprint density at radius 3 is 2.39 bits per heavy atom. The maximum absolute atomic E-state index is 13.3. The van der Waals surface area contributed by atoms with Crippen LogP contribution in [-0.4, -0.2) is 82.7 Å². The first kappa shape index (κ1) is 24.8. The number of amides is 2. The maximum Gasteiger partial charge on any atom is 0.247 e. The van der Waals surface area contributed by atoms with E-state index < -0.39 is 0 Å². The summed E-state index contributed by atoms with van der Waals surface area (Å²) in [4.78, 5) is 32.9. The summed E-state index contributed by atoms with van der Waals surface area (Å²) in [7, 11) is 1.71. The standard InChI is InChI=1S/C28H39N5O3/c1-20-17-21(2)33(29-20)22(3)26(34)31-11-9-28(10-12-31)18-24(28)27(35)32-15-13-30(14-16-32)19-23-7-5-6-8-25(23)36-4/h5-8,17,22,24H,9-16,18-19H2,1-4H3/t22-,24+/m1/s1. The number of methoxy groups -OCH3 is 1. The lowest BCUT2D eigenvalue weighted by molar-refractivity contribution is -0.137. The average Bonchev–Trinajstić information content (AvgIpc) is 3.48. The predicted molar refractivity (Wildman–Crippen MR) is 138 cm³/mol. The van der Waals surface area contributed by atoms with Crippen LogP contribution in [0.2, 0.25) is 0 Å². The first-order valence-electron chi connectivity index (χ1n) is 13.3. The molecule has 0 radical (unpaired) electrons. The van der Waals surface area contributed by atoms with Crippen molar-refractivity contribution in [1.82, 2.24) is 24.5 Å². The van der Waals surface area contributed by atoms with Crippen LogP contribution in [-0.2, 0) is 16.1 Å². The van der Waals surface area contributed by atoms with Gasteiger partial charge in [0, 0.05) is 63.0 Å². The highest BCUT2D eigenvalue weighted by molar-refractivity contribution is 5.83. The molecule has 3 heterocycles. The zero-order valence-corrected chi connectivity index (χ0v) is 22.1. The number of ether oxygens (including phenoxy) is 1. The minimum absolute atomic E-state index is 0.101. The fourth-order valence-corrected chi connectivity index (χ4v) is 6.25. The highest BCUT2D eigenvalue weighted by atomic mass is 16.5. The molecule has 2 amide bonds. The molecule has 2 aliphatic heterocycles. The van der Waals surface area contributed by atoms with Crippen molar-refractivity contribution in [3.8, 4) is 5.75 Å². The first-order chi connectivity index (χ1) is 17.3. The molecule has 0 bridgehead atoms. The van der Waals surface area contributed by atoms with Crippen LogP contribution in [0.5, 0.6) is 5.75 Å². The number of aromatic nitrogens is 2. The average molecular weight is 494 g/mol. The minimum Gasteiger partial charge on any atom is -0.496 e. The lowest BCUT2D eigenvalue weighted by atomic mass is 9.90. The molecular formula is C28H39N5O3. The van der Waals surface area contributed by atoms with Crippen LogP contribution in [0, 0.1) is 25.2 Å². The molecule has 3 aliphatic rings. The summed E-state index contributed by atoms with van der Waals surface area (Å²) in [5.74, 6) is 1.50. The Balaban J connectivity index is 1.10. The monoisotopic (exact) mass is 493 g/mol. The summed E-state index contributed by atoms with van der Waals surface area (Å²) in [6, 6.07) is 9.86. The number of benzene rings is 1. The van der Waals surface area contributed by atoms with E-state index in [1.807, 2.05) is 54.6 Å². The van der Waals surface area contributed by atoms with Crippen LogP contribution >= 0.6 is 0 Å². The molecule has 5 rings (SSSR count). The van der Waals surface area contributed by atoms with E-state index in [1.54, 1.807) is 7.11 Å². The summed E-state index contributed by atoms with van der Waals surface area (Å²) in [6.45, 7) is 11.5. The second-order valence-corrected chi connectivity index (χ2v) is 10.9. The summed E-state index contributed by atoms with van der Waals surface area (Å²) < 4.78 is 7.33. The molecule has 1 saturated carbocycles. The van der Waals surface area contributed by atoms with Crippen molar-refractivity contribution >= 4 is 11.8 Å². The molecule has 2 atom stereocenters. The van der Waals surface area contributed by atoms with Gasteiger partial charge < -0.3 is 14.5 Å². The molecule has 36 heavy (non-hydrogen) atoms. The van der Waals surface area contributed by atoms with E-state index in [0.717, 1.165) is 82.2 Å². The smallest absolute Gasteiger partial charge is 0.247 e. The van der Waals surface area contributed by atoms with Gasteiger partial charge in [-0.2, -0.15) is 5.10 Å². The Labute approximate surface area is 214 Å². The van der Waals surface area contributed by atoms with Gasteiger partial charge in [-0.1, -0.05) is 18.2 Å². The molecule has 1 aromatic carbocycles. The van der Waals surface area contributed by atoms with E-state index >= 15 is 0 Å². The van der Waals surface area contributed by atoms with Crippen LogP contribution in [0.3, 0.4) is 0 Å². The van der Waals surface area contributed by atoms with Crippen molar-refractivity contribution in [3.05, 3.63) is 47.3 Å². The Morgan fingerprint density at radius 2 is 1.75 bits per heavy atom. The van der Waals surface area contributed by atoms with Crippen molar-refractivity contribution in [2.75, 3.05) is 46.4 Å². The Hall–Kier alpha value is -2.87. The van der Waals surface area contributed by atoms with Crippen molar-refractivity contribution in [3.63, 3.8) is 0 Å². The largest absolute Gasteiger partial charge is 0.496 e. The lowest BCUT2D eigenvalue weighted by Gasteiger charge is -2.37. The van der Waals surface area contributed by atoms with Gasteiger partial charge in [0.15, 0.2) is 0 Å². The van der Waals surface area contributed by atoms with Crippen LogP contribution in [0.25, 0.3) is 0 Å². The molecule has 8 nitrogen and oxygen atoms in total. The van der Waals surface area contributed by atoms with E-state index in [1.165, 1.54) is 5.56 Å². The van der Waals surface area contributed by atoms with Gasteiger partial charge in [0.25, 0.3) is 0 Å².